The van der Waals surface area contributed by atoms with E-state index in [4.69, 9.17) is 23.2 Å². The van der Waals surface area contributed by atoms with Gasteiger partial charge in [-0.25, -0.2) is 0 Å². The molecule has 0 bridgehead atoms. The number of nitrogens with one attached hydrogen (secondary N) is 2. The number of likely N-dealkylation sites (N-methyl/N-ethyl adjacent to an activating group) is 1. The summed E-state index contributed by atoms with van der Waals surface area (Å²) in [5.74, 6) is 0. The van der Waals surface area contributed by atoms with E-state index in [1.807, 2.05) is 25.2 Å². The van der Waals surface area contributed by atoms with Crippen LogP contribution in [0.4, 0.5) is 5.69 Å². The van der Waals surface area contributed by atoms with Crippen LogP contribution in [-0.4, -0.2) is 19.1 Å². The Morgan fingerprint density at radius 2 is 1.88 bits per heavy atom. The van der Waals surface area contributed by atoms with E-state index in [1.165, 1.54) is 19.3 Å². The molecule has 0 radical (unpaired) electrons. The Labute approximate surface area is 106 Å². The molecule has 1 aliphatic carbocycles. The van der Waals surface area contributed by atoms with Crippen molar-refractivity contribution in [2.75, 3.05) is 12.4 Å². The molecule has 4 heteroatoms. The molecule has 0 spiro atoms. The molecule has 2 rings (SSSR count). The van der Waals surface area contributed by atoms with Gasteiger partial charge in [-0.15, -0.1) is 0 Å². The highest BCUT2D eigenvalue weighted by atomic mass is 35.5. The first-order chi connectivity index (χ1) is 7.70. The van der Waals surface area contributed by atoms with Crippen LogP contribution in [0.15, 0.2) is 18.2 Å². The van der Waals surface area contributed by atoms with Crippen molar-refractivity contribution in [2.45, 2.75) is 31.3 Å². The molecule has 0 saturated heterocycles. The van der Waals surface area contributed by atoms with Gasteiger partial charge in [0.05, 0.1) is 10.0 Å². The Kier molecular flexibility index (Phi) is 3.95. The summed E-state index contributed by atoms with van der Waals surface area (Å²) >= 11 is 11.9. The molecule has 2 unspecified atom stereocenters. The van der Waals surface area contributed by atoms with Gasteiger partial charge in [0.15, 0.2) is 0 Å². The van der Waals surface area contributed by atoms with Gasteiger partial charge < -0.3 is 10.6 Å². The number of anilines is 1. The first kappa shape index (κ1) is 12.0. The van der Waals surface area contributed by atoms with Crippen molar-refractivity contribution in [1.82, 2.24) is 5.32 Å². The predicted octanol–water partition coefficient (Wildman–Crippen LogP) is 3.55. The molecule has 1 aromatic carbocycles. The largest absolute Gasteiger partial charge is 0.381 e. The lowest BCUT2D eigenvalue weighted by molar-refractivity contribution is 0.541. The number of hydrogen-bond donors (Lipinski definition) is 2. The van der Waals surface area contributed by atoms with E-state index in [-0.39, 0.29) is 0 Å². The molecule has 2 atom stereocenters. The maximum absolute atomic E-state index is 5.98. The SMILES string of the molecule is CNC1CCCC1Nc1ccc(Cl)c(Cl)c1. The number of rotatable bonds is 3. The maximum atomic E-state index is 5.98. The van der Waals surface area contributed by atoms with Crippen molar-refractivity contribution < 1.29 is 0 Å². The molecular weight excluding hydrogens is 243 g/mol. The molecular formula is C12H16Cl2N2. The topological polar surface area (TPSA) is 24.1 Å². The fraction of sp³-hybridized carbons (Fsp3) is 0.500. The molecule has 88 valence electrons. The molecule has 0 aliphatic heterocycles. The maximum Gasteiger partial charge on any atom is 0.0612 e. The zero-order chi connectivity index (χ0) is 11.5. The zero-order valence-electron chi connectivity index (χ0n) is 9.26. The highest BCUT2D eigenvalue weighted by Crippen LogP contribution is 2.28. The van der Waals surface area contributed by atoms with Crippen LogP contribution in [0, 0.1) is 0 Å². The van der Waals surface area contributed by atoms with Crippen molar-refractivity contribution in [2.24, 2.45) is 0 Å². The number of hydrogen-bond acceptors (Lipinski definition) is 2. The molecule has 1 fully saturated rings. The normalized spacial score (nSPS) is 24.7. The highest BCUT2D eigenvalue weighted by molar-refractivity contribution is 6.42. The lowest BCUT2D eigenvalue weighted by Crippen LogP contribution is -2.37. The smallest absolute Gasteiger partial charge is 0.0612 e. The Morgan fingerprint density at radius 1 is 1.12 bits per heavy atom. The quantitative estimate of drug-likeness (QED) is 0.867. The summed E-state index contributed by atoms with van der Waals surface area (Å²) in [5.41, 5.74) is 1.04. The summed E-state index contributed by atoms with van der Waals surface area (Å²) < 4.78 is 0. The van der Waals surface area contributed by atoms with Gasteiger partial charge in [-0.05, 0) is 44.5 Å². The minimum atomic E-state index is 0.488. The van der Waals surface area contributed by atoms with Crippen molar-refractivity contribution >= 4 is 28.9 Å². The van der Waals surface area contributed by atoms with Crippen LogP contribution in [0.25, 0.3) is 0 Å². The summed E-state index contributed by atoms with van der Waals surface area (Å²) in [6.45, 7) is 0. The van der Waals surface area contributed by atoms with E-state index in [2.05, 4.69) is 10.6 Å². The lowest BCUT2D eigenvalue weighted by Gasteiger charge is -2.21. The van der Waals surface area contributed by atoms with Gasteiger partial charge in [0, 0.05) is 17.8 Å². The summed E-state index contributed by atoms with van der Waals surface area (Å²) in [6, 6.07) is 6.72. The van der Waals surface area contributed by atoms with E-state index in [1.54, 1.807) is 0 Å². The third-order valence-electron chi connectivity index (χ3n) is 3.16. The van der Waals surface area contributed by atoms with Crippen LogP contribution in [0.1, 0.15) is 19.3 Å². The average Bonchev–Trinajstić information content (AvgIpc) is 2.71. The minimum Gasteiger partial charge on any atom is -0.381 e. The fourth-order valence-corrected chi connectivity index (χ4v) is 2.58. The molecule has 0 aromatic heterocycles. The first-order valence-electron chi connectivity index (χ1n) is 5.59. The van der Waals surface area contributed by atoms with Crippen LogP contribution in [-0.2, 0) is 0 Å². The lowest BCUT2D eigenvalue weighted by atomic mass is 10.1. The molecule has 16 heavy (non-hydrogen) atoms. The number of benzene rings is 1. The van der Waals surface area contributed by atoms with Gasteiger partial charge in [-0.3, -0.25) is 0 Å². The Morgan fingerprint density at radius 3 is 2.56 bits per heavy atom. The van der Waals surface area contributed by atoms with Crippen molar-refractivity contribution in [3.8, 4) is 0 Å². The number of halogens is 2. The molecule has 0 amide bonds. The van der Waals surface area contributed by atoms with Crippen molar-refractivity contribution in [1.29, 1.82) is 0 Å². The average molecular weight is 259 g/mol. The second kappa shape index (κ2) is 5.26. The molecule has 0 heterocycles. The van der Waals surface area contributed by atoms with Gasteiger partial charge in [-0.2, -0.15) is 0 Å². The minimum absolute atomic E-state index is 0.488. The van der Waals surface area contributed by atoms with E-state index in [9.17, 15) is 0 Å². The van der Waals surface area contributed by atoms with Crippen molar-refractivity contribution in [3.05, 3.63) is 28.2 Å². The van der Waals surface area contributed by atoms with Gasteiger partial charge in [0.25, 0.3) is 0 Å². The van der Waals surface area contributed by atoms with Gasteiger partial charge >= 0.3 is 0 Å². The van der Waals surface area contributed by atoms with Gasteiger partial charge in [0.2, 0.25) is 0 Å². The molecule has 1 saturated carbocycles. The predicted molar refractivity (Wildman–Crippen MR) is 70.6 cm³/mol. The van der Waals surface area contributed by atoms with E-state index in [0.29, 0.717) is 22.1 Å². The molecule has 2 nitrogen and oxygen atoms in total. The second-order valence-corrected chi connectivity index (χ2v) is 5.02. The second-order valence-electron chi connectivity index (χ2n) is 4.21. The summed E-state index contributed by atoms with van der Waals surface area (Å²) in [4.78, 5) is 0. The summed E-state index contributed by atoms with van der Waals surface area (Å²) in [5, 5.41) is 8.05. The Bertz CT molecular complexity index is 368. The highest BCUT2D eigenvalue weighted by Gasteiger charge is 2.25. The van der Waals surface area contributed by atoms with Crippen LogP contribution in [0.3, 0.4) is 0 Å². The van der Waals surface area contributed by atoms with Crippen LogP contribution < -0.4 is 10.6 Å². The monoisotopic (exact) mass is 258 g/mol. The van der Waals surface area contributed by atoms with Crippen LogP contribution in [0.5, 0.6) is 0 Å². The summed E-state index contributed by atoms with van der Waals surface area (Å²) in [7, 11) is 2.01. The van der Waals surface area contributed by atoms with E-state index in [0.717, 1.165) is 5.69 Å². The van der Waals surface area contributed by atoms with Gasteiger partial charge in [0.1, 0.15) is 0 Å². The molecule has 2 N–H and O–H groups in total. The van der Waals surface area contributed by atoms with Crippen LogP contribution >= 0.6 is 23.2 Å². The van der Waals surface area contributed by atoms with Gasteiger partial charge in [-0.1, -0.05) is 23.2 Å². The Hall–Kier alpha value is -0.440. The third kappa shape index (κ3) is 2.62. The summed E-state index contributed by atoms with van der Waals surface area (Å²) in [6.07, 6.45) is 3.70. The molecule has 1 aliphatic rings. The molecule has 1 aromatic rings. The first-order valence-corrected chi connectivity index (χ1v) is 6.35. The standard InChI is InChI=1S/C12H16Cl2N2/c1-15-11-3-2-4-12(11)16-8-5-6-9(13)10(14)7-8/h5-7,11-12,15-16H,2-4H2,1H3. The zero-order valence-corrected chi connectivity index (χ0v) is 10.8. The fourth-order valence-electron chi connectivity index (χ4n) is 2.28. The van der Waals surface area contributed by atoms with Crippen LogP contribution in [0.2, 0.25) is 10.0 Å². The van der Waals surface area contributed by atoms with E-state index < -0.39 is 0 Å². The van der Waals surface area contributed by atoms with E-state index >= 15 is 0 Å². The third-order valence-corrected chi connectivity index (χ3v) is 3.90. The van der Waals surface area contributed by atoms with Crippen molar-refractivity contribution in [3.63, 3.8) is 0 Å². The Balaban J connectivity index is 2.05.